The van der Waals surface area contributed by atoms with Crippen LogP contribution >= 0.6 is 0 Å². The standard InChI is InChI=1S/C15H24N2O2/c1-5-11(2)14(18)10-16-15(19)12-7-6-8-13(9-12)17(3)4/h6-9,11,14,18H,5,10H2,1-4H3,(H,16,19). The fourth-order valence-electron chi connectivity index (χ4n) is 1.70. The number of hydrogen-bond donors (Lipinski definition) is 2. The number of benzene rings is 1. The Morgan fingerprint density at radius 2 is 2.11 bits per heavy atom. The van der Waals surface area contributed by atoms with E-state index in [9.17, 15) is 9.90 Å². The highest BCUT2D eigenvalue weighted by molar-refractivity contribution is 5.95. The van der Waals surface area contributed by atoms with Gasteiger partial charge in [-0.2, -0.15) is 0 Å². The van der Waals surface area contributed by atoms with Crippen LogP contribution in [0.5, 0.6) is 0 Å². The second kappa shape index (κ2) is 7.14. The Balaban J connectivity index is 2.61. The number of carbonyl (C=O) groups excluding carboxylic acids is 1. The summed E-state index contributed by atoms with van der Waals surface area (Å²) in [5, 5.41) is 12.6. The average molecular weight is 264 g/mol. The molecule has 2 atom stereocenters. The number of nitrogens with one attached hydrogen (secondary N) is 1. The van der Waals surface area contributed by atoms with E-state index in [0.717, 1.165) is 12.1 Å². The lowest BCUT2D eigenvalue weighted by Gasteiger charge is -2.18. The van der Waals surface area contributed by atoms with E-state index in [4.69, 9.17) is 0 Å². The Labute approximate surface area is 115 Å². The fraction of sp³-hybridized carbons (Fsp3) is 0.533. The molecule has 0 aliphatic carbocycles. The van der Waals surface area contributed by atoms with Gasteiger partial charge in [-0.3, -0.25) is 4.79 Å². The molecule has 2 N–H and O–H groups in total. The third kappa shape index (κ3) is 4.56. The topological polar surface area (TPSA) is 52.6 Å². The average Bonchev–Trinajstić information content (AvgIpc) is 2.43. The van der Waals surface area contributed by atoms with Gasteiger partial charge in [-0.05, 0) is 24.1 Å². The van der Waals surface area contributed by atoms with Gasteiger partial charge >= 0.3 is 0 Å². The lowest BCUT2D eigenvalue weighted by Crippen LogP contribution is -2.35. The molecule has 0 heterocycles. The van der Waals surface area contributed by atoms with Crippen molar-refractivity contribution in [2.45, 2.75) is 26.4 Å². The number of aliphatic hydroxyl groups excluding tert-OH is 1. The van der Waals surface area contributed by atoms with Crippen LogP contribution in [0.3, 0.4) is 0 Å². The van der Waals surface area contributed by atoms with Gasteiger partial charge in [0.15, 0.2) is 0 Å². The van der Waals surface area contributed by atoms with E-state index in [1.807, 2.05) is 51.0 Å². The minimum absolute atomic E-state index is 0.147. The lowest BCUT2D eigenvalue weighted by atomic mass is 10.0. The molecule has 0 aliphatic heterocycles. The summed E-state index contributed by atoms with van der Waals surface area (Å²) < 4.78 is 0. The van der Waals surface area contributed by atoms with E-state index in [1.54, 1.807) is 6.07 Å². The summed E-state index contributed by atoms with van der Waals surface area (Å²) in [4.78, 5) is 13.9. The number of aliphatic hydroxyl groups is 1. The van der Waals surface area contributed by atoms with Gasteiger partial charge in [-0.25, -0.2) is 0 Å². The van der Waals surface area contributed by atoms with Gasteiger partial charge in [-0.15, -0.1) is 0 Å². The van der Waals surface area contributed by atoms with E-state index in [0.29, 0.717) is 12.1 Å². The molecule has 0 aromatic heterocycles. The quantitative estimate of drug-likeness (QED) is 0.825. The first kappa shape index (κ1) is 15.5. The molecule has 1 aromatic rings. The summed E-state index contributed by atoms with van der Waals surface area (Å²) in [6, 6.07) is 7.42. The summed E-state index contributed by atoms with van der Waals surface area (Å²) in [7, 11) is 3.87. The van der Waals surface area contributed by atoms with Crippen LogP contribution in [0.1, 0.15) is 30.6 Å². The molecule has 0 fully saturated rings. The van der Waals surface area contributed by atoms with Gasteiger partial charge in [0.25, 0.3) is 5.91 Å². The molecule has 1 aromatic carbocycles. The lowest BCUT2D eigenvalue weighted by molar-refractivity contribution is 0.0850. The summed E-state index contributed by atoms with van der Waals surface area (Å²) in [5.74, 6) is 0.0412. The second-order valence-corrected chi connectivity index (χ2v) is 5.11. The minimum atomic E-state index is -0.494. The zero-order valence-electron chi connectivity index (χ0n) is 12.2. The largest absolute Gasteiger partial charge is 0.391 e. The van der Waals surface area contributed by atoms with E-state index in [-0.39, 0.29) is 11.8 Å². The Bertz CT molecular complexity index is 418. The molecular weight excluding hydrogens is 240 g/mol. The number of rotatable bonds is 6. The van der Waals surface area contributed by atoms with Crippen LogP contribution in [0.15, 0.2) is 24.3 Å². The van der Waals surface area contributed by atoms with E-state index >= 15 is 0 Å². The number of carbonyl (C=O) groups is 1. The summed E-state index contributed by atoms with van der Waals surface area (Å²) in [6.07, 6.45) is 0.402. The zero-order chi connectivity index (χ0) is 14.4. The van der Waals surface area contributed by atoms with Crippen LogP contribution in [0, 0.1) is 5.92 Å². The highest BCUT2D eigenvalue weighted by Gasteiger charge is 2.14. The first-order valence-corrected chi connectivity index (χ1v) is 6.69. The SMILES string of the molecule is CCC(C)C(O)CNC(=O)c1cccc(N(C)C)c1. The number of hydrogen-bond acceptors (Lipinski definition) is 3. The number of nitrogens with zero attached hydrogens (tertiary/aromatic N) is 1. The summed E-state index contributed by atoms with van der Waals surface area (Å²) >= 11 is 0. The van der Waals surface area contributed by atoms with Crippen molar-refractivity contribution < 1.29 is 9.90 Å². The third-order valence-corrected chi connectivity index (χ3v) is 3.40. The van der Waals surface area contributed by atoms with Crippen molar-refractivity contribution in [2.75, 3.05) is 25.5 Å². The van der Waals surface area contributed by atoms with Gasteiger partial charge in [0.05, 0.1) is 6.10 Å². The van der Waals surface area contributed by atoms with Gasteiger partial charge in [0.2, 0.25) is 0 Å². The highest BCUT2D eigenvalue weighted by atomic mass is 16.3. The van der Waals surface area contributed by atoms with Crippen LogP contribution < -0.4 is 10.2 Å². The molecule has 1 amide bonds. The smallest absolute Gasteiger partial charge is 0.251 e. The maximum absolute atomic E-state index is 12.0. The van der Waals surface area contributed by atoms with Crippen molar-refractivity contribution in [1.82, 2.24) is 5.32 Å². The Morgan fingerprint density at radius 3 is 2.68 bits per heavy atom. The van der Waals surface area contributed by atoms with Crippen molar-refractivity contribution in [3.63, 3.8) is 0 Å². The molecule has 0 bridgehead atoms. The molecule has 106 valence electrons. The van der Waals surface area contributed by atoms with Crippen LogP contribution in [0.25, 0.3) is 0 Å². The molecule has 4 heteroatoms. The molecule has 0 radical (unpaired) electrons. The van der Waals surface area contributed by atoms with Gasteiger partial charge in [0.1, 0.15) is 0 Å². The maximum Gasteiger partial charge on any atom is 0.251 e. The third-order valence-electron chi connectivity index (χ3n) is 3.40. The van der Waals surface area contributed by atoms with Crippen LogP contribution in [-0.4, -0.2) is 37.8 Å². The molecule has 2 unspecified atom stereocenters. The molecular formula is C15H24N2O2. The van der Waals surface area contributed by atoms with Crippen LogP contribution in [0.2, 0.25) is 0 Å². The minimum Gasteiger partial charge on any atom is -0.391 e. The van der Waals surface area contributed by atoms with E-state index in [2.05, 4.69) is 5.32 Å². The van der Waals surface area contributed by atoms with Crippen LogP contribution in [0.4, 0.5) is 5.69 Å². The predicted octanol–water partition coefficient (Wildman–Crippen LogP) is 1.89. The Hall–Kier alpha value is -1.55. The molecule has 0 spiro atoms. The molecule has 19 heavy (non-hydrogen) atoms. The Kier molecular flexibility index (Phi) is 5.83. The van der Waals surface area contributed by atoms with Crippen molar-refractivity contribution >= 4 is 11.6 Å². The van der Waals surface area contributed by atoms with E-state index in [1.165, 1.54) is 0 Å². The van der Waals surface area contributed by atoms with Crippen molar-refractivity contribution in [1.29, 1.82) is 0 Å². The number of amides is 1. The van der Waals surface area contributed by atoms with Crippen LogP contribution in [-0.2, 0) is 0 Å². The first-order chi connectivity index (χ1) is 8.95. The Morgan fingerprint density at radius 1 is 1.42 bits per heavy atom. The molecule has 0 aliphatic rings. The molecule has 4 nitrogen and oxygen atoms in total. The monoisotopic (exact) mass is 264 g/mol. The second-order valence-electron chi connectivity index (χ2n) is 5.11. The molecule has 0 saturated heterocycles. The van der Waals surface area contributed by atoms with Crippen molar-refractivity contribution in [3.8, 4) is 0 Å². The first-order valence-electron chi connectivity index (χ1n) is 6.69. The fourth-order valence-corrected chi connectivity index (χ4v) is 1.70. The number of anilines is 1. The highest BCUT2D eigenvalue weighted by Crippen LogP contribution is 2.13. The summed E-state index contributed by atoms with van der Waals surface area (Å²) in [5.41, 5.74) is 1.60. The van der Waals surface area contributed by atoms with Gasteiger partial charge in [-0.1, -0.05) is 26.3 Å². The van der Waals surface area contributed by atoms with Crippen molar-refractivity contribution in [3.05, 3.63) is 29.8 Å². The van der Waals surface area contributed by atoms with Crippen molar-refractivity contribution in [2.24, 2.45) is 5.92 Å². The van der Waals surface area contributed by atoms with Gasteiger partial charge < -0.3 is 15.3 Å². The zero-order valence-corrected chi connectivity index (χ0v) is 12.2. The predicted molar refractivity (Wildman–Crippen MR) is 78.6 cm³/mol. The van der Waals surface area contributed by atoms with E-state index < -0.39 is 6.10 Å². The van der Waals surface area contributed by atoms with Gasteiger partial charge in [0, 0.05) is 31.9 Å². The molecule has 0 saturated carbocycles. The normalized spacial score (nSPS) is 13.7. The summed E-state index contributed by atoms with van der Waals surface area (Å²) in [6.45, 7) is 4.29. The molecule has 1 rings (SSSR count). The maximum atomic E-state index is 12.0.